The molecule has 0 bridgehead atoms. The Morgan fingerprint density at radius 1 is 0.971 bits per heavy atom. The minimum Gasteiger partial charge on any atom is -0.345 e. The van der Waals surface area contributed by atoms with E-state index in [1.54, 1.807) is 27.9 Å². The summed E-state index contributed by atoms with van der Waals surface area (Å²) in [4.78, 5) is 23.6. The highest BCUT2D eigenvalue weighted by Crippen LogP contribution is 2.38. The topological polar surface area (TPSA) is 58.2 Å². The van der Waals surface area contributed by atoms with Crippen LogP contribution in [0.1, 0.15) is 27.4 Å². The van der Waals surface area contributed by atoms with Gasteiger partial charge in [0, 0.05) is 13.6 Å². The molecule has 0 aromatic heterocycles. The fraction of sp³-hybridized carbons (Fsp3) is 0.238. The van der Waals surface area contributed by atoms with E-state index in [-0.39, 0.29) is 21.2 Å². The number of carbonyl (C=O) groups excluding carboxylic acids is 2. The van der Waals surface area contributed by atoms with Crippen LogP contribution in [-0.2, 0) is 4.79 Å². The molecule has 2 rings (SSSR count). The Labute approximate surface area is 213 Å². The van der Waals surface area contributed by atoms with Crippen molar-refractivity contribution in [2.45, 2.75) is 18.3 Å². The molecule has 0 heterocycles. The molecular formula is C21H15Cl2F6IN2O2. The molecule has 1 unspecified atom stereocenters. The first-order chi connectivity index (χ1) is 15.7. The van der Waals surface area contributed by atoms with E-state index in [2.05, 4.69) is 5.32 Å². The van der Waals surface area contributed by atoms with Gasteiger partial charge in [-0.3, -0.25) is 9.59 Å². The second-order valence-electron chi connectivity index (χ2n) is 6.90. The Bertz CT molecular complexity index is 1070. The molecule has 0 spiro atoms. The number of nitrogens with one attached hydrogen (secondary N) is 2. The summed E-state index contributed by atoms with van der Waals surface area (Å²) in [5, 5.41) is 3.91. The molecule has 2 aromatic carbocycles. The van der Waals surface area contributed by atoms with Gasteiger partial charge in [0.1, 0.15) is 6.54 Å². The van der Waals surface area contributed by atoms with Crippen LogP contribution in [0.5, 0.6) is 0 Å². The molecule has 184 valence electrons. The zero-order valence-electron chi connectivity index (χ0n) is 16.8. The van der Waals surface area contributed by atoms with Crippen molar-refractivity contribution in [1.29, 1.82) is 0 Å². The van der Waals surface area contributed by atoms with E-state index in [1.165, 1.54) is 30.3 Å². The third-order valence-electron chi connectivity index (χ3n) is 4.21. The van der Waals surface area contributed by atoms with Crippen molar-refractivity contribution in [3.63, 3.8) is 0 Å². The number of amides is 2. The number of hydrogen-bond donors (Lipinski definition) is 2. The molecule has 34 heavy (non-hydrogen) atoms. The fourth-order valence-corrected chi connectivity index (χ4v) is 4.03. The van der Waals surface area contributed by atoms with Crippen LogP contribution in [0.2, 0.25) is 10.0 Å². The lowest BCUT2D eigenvalue weighted by atomic mass is 9.97. The lowest BCUT2D eigenvalue weighted by Crippen LogP contribution is -2.41. The van der Waals surface area contributed by atoms with Crippen LogP contribution in [0.25, 0.3) is 6.08 Å². The van der Waals surface area contributed by atoms with Crippen LogP contribution in [0.4, 0.5) is 26.3 Å². The SMILES string of the molecule is O=C(CNC(=O)c1ccc(/C=C/C(c2cc(Cl)cc(Cl)c2)C(F)(F)F)cc1I)NCC(F)(F)F. The van der Waals surface area contributed by atoms with Crippen molar-refractivity contribution < 1.29 is 35.9 Å². The van der Waals surface area contributed by atoms with Gasteiger partial charge in [-0.15, -0.1) is 0 Å². The van der Waals surface area contributed by atoms with Gasteiger partial charge in [0.25, 0.3) is 5.91 Å². The van der Waals surface area contributed by atoms with Crippen molar-refractivity contribution >= 4 is 63.7 Å². The van der Waals surface area contributed by atoms with Crippen molar-refractivity contribution in [3.8, 4) is 0 Å². The standard InChI is InChI=1S/C21H15Cl2F6IN2O2/c22-13-6-12(7-14(23)8-13)16(21(27,28)29)4-2-11-1-3-15(17(30)5-11)19(34)31-9-18(33)32-10-20(24,25)26/h1-8,16H,9-10H2,(H,31,34)(H,32,33)/b4-2+. The Morgan fingerprint density at radius 2 is 1.59 bits per heavy atom. The van der Waals surface area contributed by atoms with Gasteiger partial charge in [0.15, 0.2) is 0 Å². The van der Waals surface area contributed by atoms with Crippen LogP contribution in [-0.4, -0.2) is 37.3 Å². The molecule has 0 saturated carbocycles. The molecular weight excluding hydrogens is 624 g/mol. The Morgan fingerprint density at radius 3 is 2.12 bits per heavy atom. The molecule has 4 nitrogen and oxygen atoms in total. The normalized spacial score (nSPS) is 13.1. The summed E-state index contributed by atoms with van der Waals surface area (Å²) < 4.78 is 77.5. The third kappa shape index (κ3) is 8.99. The molecule has 1 atom stereocenters. The van der Waals surface area contributed by atoms with Crippen molar-refractivity contribution in [2.75, 3.05) is 13.1 Å². The number of rotatable bonds is 7. The summed E-state index contributed by atoms with van der Waals surface area (Å²) in [7, 11) is 0. The molecule has 0 aliphatic rings. The number of carbonyl (C=O) groups is 2. The maximum Gasteiger partial charge on any atom is 0.405 e. The second-order valence-corrected chi connectivity index (χ2v) is 8.93. The molecule has 2 aromatic rings. The van der Waals surface area contributed by atoms with E-state index in [0.29, 0.717) is 9.13 Å². The van der Waals surface area contributed by atoms with Crippen LogP contribution in [0.3, 0.4) is 0 Å². The molecule has 0 aliphatic carbocycles. The van der Waals surface area contributed by atoms with Gasteiger partial charge in [-0.05, 0) is 64.0 Å². The van der Waals surface area contributed by atoms with Crippen LogP contribution in [0, 0.1) is 3.57 Å². The highest BCUT2D eigenvalue weighted by Gasteiger charge is 2.39. The number of allylic oxidation sites excluding steroid dienone is 1. The highest BCUT2D eigenvalue weighted by molar-refractivity contribution is 14.1. The quantitative estimate of drug-likeness (QED) is 0.274. The van der Waals surface area contributed by atoms with Crippen LogP contribution < -0.4 is 10.6 Å². The third-order valence-corrected chi connectivity index (χ3v) is 5.54. The van der Waals surface area contributed by atoms with E-state index >= 15 is 0 Å². The van der Waals surface area contributed by atoms with Gasteiger partial charge < -0.3 is 10.6 Å². The smallest absolute Gasteiger partial charge is 0.345 e. The predicted molar refractivity (Wildman–Crippen MR) is 125 cm³/mol. The van der Waals surface area contributed by atoms with Gasteiger partial charge in [-0.2, -0.15) is 26.3 Å². The van der Waals surface area contributed by atoms with E-state index < -0.39 is 43.2 Å². The second kappa shape index (κ2) is 11.6. The largest absolute Gasteiger partial charge is 0.405 e. The lowest BCUT2D eigenvalue weighted by molar-refractivity contribution is -0.139. The summed E-state index contributed by atoms with van der Waals surface area (Å²) in [6.07, 6.45) is -7.05. The van der Waals surface area contributed by atoms with Crippen LogP contribution >= 0.6 is 45.8 Å². The Kier molecular flexibility index (Phi) is 9.66. The average Bonchev–Trinajstić information content (AvgIpc) is 2.68. The number of alkyl halides is 6. The van der Waals surface area contributed by atoms with E-state index in [9.17, 15) is 35.9 Å². The number of hydrogen-bond acceptors (Lipinski definition) is 2. The molecule has 0 radical (unpaired) electrons. The maximum absolute atomic E-state index is 13.6. The average molecular weight is 639 g/mol. The predicted octanol–water partition coefficient (Wildman–Crippen LogP) is 6.37. The monoisotopic (exact) mass is 638 g/mol. The van der Waals surface area contributed by atoms with Crippen LogP contribution in [0.15, 0.2) is 42.5 Å². The zero-order chi connectivity index (χ0) is 25.7. The van der Waals surface area contributed by atoms with Crippen molar-refractivity contribution in [3.05, 3.63) is 72.8 Å². The summed E-state index contributed by atoms with van der Waals surface area (Å²) in [5.74, 6) is -3.75. The first-order valence-corrected chi connectivity index (χ1v) is 11.1. The van der Waals surface area contributed by atoms with Gasteiger partial charge in [-0.25, -0.2) is 0 Å². The first kappa shape index (κ1) is 28.2. The molecule has 2 N–H and O–H groups in total. The number of benzene rings is 2. The van der Waals surface area contributed by atoms with E-state index in [0.717, 1.165) is 18.2 Å². The molecule has 2 amide bonds. The fourth-order valence-electron chi connectivity index (χ4n) is 2.71. The van der Waals surface area contributed by atoms with Gasteiger partial charge >= 0.3 is 12.4 Å². The lowest BCUT2D eigenvalue weighted by Gasteiger charge is -2.18. The Balaban J connectivity index is 2.12. The molecule has 0 saturated heterocycles. The Hall–Kier alpha value is -1.99. The van der Waals surface area contributed by atoms with Gasteiger partial charge in [0.05, 0.1) is 18.0 Å². The van der Waals surface area contributed by atoms with Gasteiger partial charge in [0.2, 0.25) is 5.91 Å². The minimum absolute atomic E-state index is 0.0575. The summed E-state index contributed by atoms with van der Waals surface area (Å²) in [6, 6.07) is 7.79. The highest BCUT2D eigenvalue weighted by atomic mass is 127. The summed E-state index contributed by atoms with van der Waals surface area (Å²) in [6.45, 7) is -2.21. The van der Waals surface area contributed by atoms with E-state index in [1.807, 2.05) is 0 Å². The molecule has 13 heteroatoms. The number of halogens is 9. The molecule has 0 aliphatic heterocycles. The summed E-state index contributed by atoms with van der Waals surface area (Å²) in [5.41, 5.74) is 0.303. The summed E-state index contributed by atoms with van der Waals surface area (Å²) >= 11 is 13.4. The maximum atomic E-state index is 13.6. The minimum atomic E-state index is -4.62. The first-order valence-electron chi connectivity index (χ1n) is 9.28. The van der Waals surface area contributed by atoms with Gasteiger partial charge in [-0.1, -0.05) is 41.4 Å². The molecule has 0 fully saturated rings. The van der Waals surface area contributed by atoms with Crippen molar-refractivity contribution in [1.82, 2.24) is 10.6 Å². The van der Waals surface area contributed by atoms with Crippen molar-refractivity contribution in [2.24, 2.45) is 0 Å². The van der Waals surface area contributed by atoms with E-state index in [4.69, 9.17) is 23.2 Å². The zero-order valence-corrected chi connectivity index (χ0v) is 20.5.